The number of nitrogens with zero attached hydrogens (tertiary/aromatic N) is 3. The van der Waals surface area contributed by atoms with Crippen molar-refractivity contribution in [2.75, 3.05) is 16.3 Å². The maximum absolute atomic E-state index is 13.7. The van der Waals surface area contributed by atoms with Crippen molar-refractivity contribution >= 4 is 34.9 Å². The minimum atomic E-state index is -0.670. The van der Waals surface area contributed by atoms with Crippen LogP contribution in [0.15, 0.2) is 72.8 Å². The van der Waals surface area contributed by atoms with Gasteiger partial charge in [0, 0.05) is 5.69 Å². The molecule has 2 heterocycles. The standard InChI is InChI=1S/C27H25N3O3/c1-18-11-15-22(16-12-18)29-19(2)26(32)28(27(29)33)17-25(31)30-23-9-5-3-7-20(23)13-14-21-8-4-6-10-24(21)30/h3-12,15-16,19H,13-14,17H2,1-2H3. The molecule has 33 heavy (non-hydrogen) atoms. The quantitative estimate of drug-likeness (QED) is 0.560. The summed E-state index contributed by atoms with van der Waals surface area (Å²) in [7, 11) is 0. The van der Waals surface area contributed by atoms with Crippen molar-refractivity contribution in [3.63, 3.8) is 0 Å². The van der Waals surface area contributed by atoms with Crippen LogP contribution in [0.1, 0.15) is 23.6 Å². The molecule has 1 fully saturated rings. The first-order valence-corrected chi connectivity index (χ1v) is 11.2. The van der Waals surface area contributed by atoms with E-state index in [9.17, 15) is 14.4 Å². The second kappa shape index (κ2) is 8.20. The van der Waals surface area contributed by atoms with Gasteiger partial charge in [-0.15, -0.1) is 0 Å². The van der Waals surface area contributed by atoms with Crippen molar-refractivity contribution in [1.29, 1.82) is 0 Å². The first-order valence-electron chi connectivity index (χ1n) is 11.2. The van der Waals surface area contributed by atoms with Gasteiger partial charge in [0.2, 0.25) is 0 Å². The Morgan fingerprint density at radius 1 is 0.848 bits per heavy atom. The molecule has 2 aliphatic heterocycles. The Bertz CT molecular complexity index is 1200. The molecule has 0 saturated carbocycles. The van der Waals surface area contributed by atoms with E-state index in [4.69, 9.17) is 0 Å². The van der Waals surface area contributed by atoms with Gasteiger partial charge in [-0.2, -0.15) is 0 Å². The van der Waals surface area contributed by atoms with Gasteiger partial charge >= 0.3 is 6.03 Å². The zero-order valence-corrected chi connectivity index (χ0v) is 18.7. The molecule has 0 radical (unpaired) electrons. The number of hydrogen-bond donors (Lipinski definition) is 0. The molecule has 1 saturated heterocycles. The number of carbonyl (C=O) groups excluding carboxylic acids is 3. The maximum Gasteiger partial charge on any atom is 0.332 e. The molecule has 0 N–H and O–H groups in total. The summed E-state index contributed by atoms with van der Waals surface area (Å²) < 4.78 is 0. The molecule has 3 aromatic carbocycles. The Kier molecular flexibility index (Phi) is 5.21. The SMILES string of the molecule is Cc1ccc(N2C(=O)N(CC(=O)N3c4ccccc4CCc4ccccc43)C(=O)C2C)cc1. The van der Waals surface area contributed by atoms with Gasteiger partial charge in [0.15, 0.2) is 0 Å². The molecule has 0 aliphatic carbocycles. The van der Waals surface area contributed by atoms with Crippen LogP contribution in [-0.4, -0.2) is 35.3 Å². The van der Waals surface area contributed by atoms with Gasteiger partial charge < -0.3 is 0 Å². The molecular formula is C27H25N3O3. The van der Waals surface area contributed by atoms with Crippen LogP contribution >= 0.6 is 0 Å². The zero-order chi connectivity index (χ0) is 23.1. The van der Waals surface area contributed by atoms with Crippen molar-refractivity contribution in [3.8, 4) is 0 Å². The largest absolute Gasteiger partial charge is 0.332 e. The first-order chi connectivity index (χ1) is 16.0. The molecule has 3 aromatic rings. The van der Waals surface area contributed by atoms with E-state index in [1.165, 1.54) is 4.90 Å². The number of hydrogen-bond acceptors (Lipinski definition) is 3. The number of anilines is 3. The smallest absolute Gasteiger partial charge is 0.282 e. The van der Waals surface area contributed by atoms with E-state index in [0.29, 0.717) is 5.69 Å². The highest BCUT2D eigenvalue weighted by Crippen LogP contribution is 2.36. The number of imide groups is 1. The summed E-state index contributed by atoms with van der Waals surface area (Å²) >= 11 is 0. The van der Waals surface area contributed by atoms with Crippen molar-refractivity contribution < 1.29 is 14.4 Å². The lowest BCUT2D eigenvalue weighted by atomic mass is 10.0. The molecule has 4 amide bonds. The summed E-state index contributed by atoms with van der Waals surface area (Å²) in [6.45, 7) is 3.35. The lowest BCUT2D eigenvalue weighted by Crippen LogP contribution is -2.42. The second-order valence-corrected chi connectivity index (χ2v) is 8.58. The van der Waals surface area contributed by atoms with Crippen LogP contribution in [0.25, 0.3) is 0 Å². The van der Waals surface area contributed by atoms with E-state index in [2.05, 4.69) is 0 Å². The fraction of sp³-hybridized carbons (Fsp3) is 0.222. The number of benzene rings is 3. The third-order valence-electron chi connectivity index (χ3n) is 6.43. The second-order valence-electron chi connectivity index (χ2n) is 8.58. The van der Waals surface area contributed by atoms with Crippen molar-refractivity contribution in [2.45, 2.75) is 32.7 Å². The van der Waals surface area contributed by atoms with Crippen molar-refractivity contribution in [3.05, 3.63) is 89.5 Å². The normalized spacial score (nSPS) is 17.6. The molecular weight excluding hydrogens is 414 g/mol. The van der Waals surface area contributed by atoms with Crippen molar-refractivity contribution in [2.24, 2.45) is 0 Å². The summed E-state index contributed by atoms with van der Waals surface area (Å²) in [6.07, 6.45) is 1.63. The molecule has 6 heteroatoms. The molecule has 2 aliphatic rings. The third-order valence-corrected chi connectivity index (χ3v) is 6.43. The van der Waals surface area contributed by atoms with Gasteiger partial charge in [-0.3, -0.25) is 24.3 Å². The van der Waals surface area contributed by atoms with Gasteiger partial charge in [0.1, 0.15) is 12.6 Å². The van der Waals surface area contributed by atoms with Gasteiger partial charge in [0.25, 0.3) is 11.8 Å². The maximum atomic E-state index is 13.7. The summed E-state index contributed by atoms with van der Waals surface area (Å²) in [5.41, 5.74) is 5.44. The van der Waals surface area contributed by atoms with Crippen molar-refractivity contribution in [1.82, 2.24) is 4.90 Å². The highest BCUT2D eigenvalue weighted by Gasteiger charge is 2.45. The average Bonchev–Trinajstić information content (AvgIpc) is 2.96. The number of aryl methyl sites for hydroxylation is 3. The number of urea groups is 1. The zero-order valence-electron chi connectivity index (χ0n) is 18.7. The number of amides is 4. The van der Waals surface area contributed by atoms with Gasteiger partial charge in [-0.05, 0) is 62.1 Å². The van der Waals surface area contributed by atoms with Crippen LogP contribution in [0.5, 0.6) is 0 Å². The third kappa shape index (κ3) is 3.57. The summed E-state index contributed by atoms with van der Waals surface area (Å²) in [5.74, 6) is -0.679. The Labute approximate surface area is 193 Å². The van der Waals surface area contributed by atoms with E-state index in [0.717, 1.165) is 45.8 Å². The Hall–Kier alpha value is -3.93. The van der Waals surface area contributed by atoms with E-state index in [1.807, 2.05) is 79.7 Å². The van der Waals surface area contributed by atoms with Crippen LogP contribution < -0.4 is 9.80 Å². The Morgan fingerprint density at radius 3 is 1.97 bits per heavy atom. The lowest BCUT2D eigenvalue weighted by molar-refractivity contribution is -0.130. The van der Waals surface area contributed by atoms with Crippen LogP contribution in [0.4, 0.5) is 21.9 Å². The predicted octanol–water partition coefficient (Wildman–Crippen LogP) is 4.62. The monoisotopic (exact) mass is 439 g/mol. The van der Waals surface area contributed by atoms with Crippen LogP contribution in [-0.2, 0) is 22.4 Å². The molecule has 5 rings (SSSR count). The van der Waals surface area contributed by atoms with E-state index < -0.39 is 12.1 Å². The first kappa shape index (κ1) is 20.9. The average molecular weight is 440 g/mol. The molecule has 0 bridgehead atoms. The van der Waals surface area contributed by atoms with Crippen LogP contribution in [0.2, 0.25) is 0 Å². The summed E-state index contributed by atoms with van der Waals surface area (Å²) in [6, 6.07) is 21.9. The topological polar surface area (TPSA) is 60.9 Å². The molecule has 0 spiro atoms. The molecule has 1 unspecified atom stereocenters. The highest BCUT2D eigenvalue weighted by molar-refractivity contribution is 6.17. The fourth-order valence-corrected chi connectivity index (χ4v) is 4.67. The van der Waals surface area contributed by atoms with Crippen LogP contribution in [0, 0.1) is 6.92 Å². The minimum absolute atomic E-state index is 0.309. The summed E-state index contributed by atoms with van der Waals surface area (Å²) in [5, 5.41) is 0. The van der Waals surface area contributed by atoms with Gasteiger partial charge in [0.05, 0.1) is 11.4 Å². The van der Waals surface area contributed by atoms with E-state index in [-0.39, 0.29) is 18.4 Å². The molecule has 6 nitrogen and oxygen atoms in total. The van der Waals surface area contributed by atoms with Gasteiger partial charge in [-0.1, -0.05) is 54.1 Å². The molecule has 166 valence electrons. The molecule has 1 atom stereocenters. The number of carbonyl (C=O) groups is 3. The predicted molar refractivity (Wildman–Crippen MR) is 128 cm³/mol. The van der Waals surface area contributed by atoms with E-state index >= 15 is 0 Å². The van der Waals surface area contributed by atoms with E-state index in [1.54, 1.807) is 11.8 Å². The number of rotatable bonds is 3. The lowest BCUT2D eigenvalue weighted by Gasteiger charge is -2.26. The molecule has 0 aromatic heterocycles. The van der Waals surface area contributed by atoms with Crippen LogP contribution in [0.3, 0.4) is 0 Å². The summed E-state index contributed by atoms with van der Waals surface area (Å²) in [4.78, 5) is 44.2. The fourth-order valence-electron chi connectivity index (χ4n) is 4.67. The number of fused-ring (bicyclic) bond motifs is 2. The Morgan fingerprint density at radius 2 is 1.39 bits per heavy atom. The highest BCUT2D eigenvalue weighted by atomic mass is 16.2. The number of para-hydroxylation sites is 2. The van der Waals surface area contributed by atoms with Gasteiger partial charge in [-0.25, -0.2) is 4.79 Å². The minimum Gasteiger partial charge on any atom is -0.282 e. The Balaban J connectivity index is 1.48.